The number of rotatable bonds is 8. The van der Waals surface area contributed by atoms with E-state index in [1.54, 1.807) is 0 Å². The highest BCUT2D eigenvalue weighted by Gasteiger charge is 2.18. The van der Waals surface area contributed by atoms with Crippen LogP contribution in [0.2, 0.25) is 0 Å². The fourth-order valence-corrected chi connectivity index (χ4v) is 2.82. The van der Waals surface area contributed by atoms with Gasteiger partial charge in [-0.1, -0.05) is 18.2 Å². The molecule has 1 aliphatic rings. The Bertz CT molecular complexity index is 519. The molecule has 0 amide bonds. The van der Waals surface area contributed by atoms with Gasteiger partial charge in [-0.2, -0.15) is 0 Å². The zero-order valence-corrected chi connectivity index (χ0v) is 18.0. The lowest BCUT2D eigenvalue weighted by atomic mass is 10.1. The molecular formula is C19H32IN3O2. The lowest BCUT2D eigenvalue weighted by Gasteiger charge is -2.24. The van der Waals surface area contributed by atoms with Gasteiger partial charge in [0.1, 0.15) is 5.75 Å². The number of hydrogen-bond acceptors (Lipinski definition) is 3. The number of nitrogens with one attached hydrogen (secondary N) is 1. The SMILES string of the molecule is CCNC(=NCCCOc1ccccc1C)N(C)CC1CCOC1.I. The molecule has 2 rings (SSSR count). The van der Waals surface area contributed by atoms with Gasteiger partial charge in [-0.25, -0.2) is 0 Å². The average molecular weight is 461 g/mol. The van der Waals surface area contributed by atoms with Crippen LogP contribution in [0.4, 0.5) is 0 Å². The molecular weight excluding hydrogens is 429 g/mol. The van der Waals surface area contributed by atoms with Gasteiger partial charge in [0.15, 0.2) is 5.96 Å². The summed E-state index contributed by atoms with van der Waals surface area (Å²) in [5.74, 6) is 2.55. The Labute approximate surface area is 169 Å². The van der Waals surface area contributed by atoms with Crippen molar-refractivity contribution in [2.45, 2.75) is 26.7 Å². The number of ether oxygens (including phenoxy) is 2. The number of halogens is 1. The van der Waals surface area contributed by atoms with Crippen LogP contribution in [0.3, 0.4) is 0 Å². The number of nitrogens with zero attached hydrogens (tertiary/aromatic N) is 2. The summed E-state index contributed by atoms with van der Waals surface area (Å²) in [4.78, 5) is 6.93. The van der Waals surface area contributed by atoms with Gasteiger partial charge in [0.2, 0.25) is 0 Å². The van der Waals surface area contributed by atoms with Crippen LogP contribution in [0.15, 0.2) is 29.3 Å². The molecule has 0 aromatic heterocycles. The van der Waals surface area contributed by atoms with Gasteiger partial charge >= 0.3 is 0 Å². The maximum atomic E-state index is 5.83. The van der Waals surface area contributed by atoms with Crippen molar-refractivity contribution in [3.05, 3.63) is 29.8 Å². The Morgan fingerprint density at radius 3 is 2.88 bits per heavy atom. The third-order valence-corrected chi connectivity index (χ3v) is 4.17. The van der Waals surface area contributed by atoms with E-state index in [1.807, 2.05) is 18.2 Å². The minimum atomic E-state index is 0. The smallest absolute Gasteiger partial charge is 0.193 e. The number of aryl methyl sites for hydroxylation is 1. The van der Waals surface area contributed by atoms with Crippen molar-refractivity contribution in [2.75, 3.05) is 46.5 Å². The largest absolute Gasteiger partial charge is 0.493 e. The molecule has 25 heavy (non-hydrogen) atoms. The molecule has 1 atom stereocenters. The fourth-order valence-electron chi connectivity index (χ4n) is 2.82. The highest BCUT2D eigenvalue weighted by Crippen LogP contribution is 2.16. The van der Waals surface area contributed by atoms with Crippen molar-refractivity contribution in [3.63, 3.8) is 0 Å². The van der Waals surface area contributed by atoms with Gasteiger partial charge in [-0.05, 0) is 31.9 Å². The Morgan fingerprint density at radius 2 is 2.20 bits per heavy atom. The van der Waals surface area contributed by atoms with Gasteiger partial charge in [0.25, 0.3) is 0 Å². The maximum Gasteiger partial charge on any atom is 0.193 e. The standard InChI is InChI=1S/C19H31N3O2.HI/c1-4-20-19(22(3)14-17-10-13-23-15-17)21-11-7-12-24-18-9-6-5-8-16(18)2;/h5-6,8-9,17H,4,7,10-15H2,1-3H3,(H,20,21);1H. The van der Waals surface area contributed by atoms with E-state index in [4.69, 9.17) is 14.5 Å². The first-order valence-electron chi connectivity index (χ1n) is 8.96. The molecule has 6 heteroatoms. The maximum absolute atomic E-state index is 5.83. The van der Waals surface area contributed by atoms with Crippen molar-refractivity contribution in [1.29, 1.82) is 0 Å². The van der Waals surface area contributed by atoms with E-state index in [2.05, 4.69) is 37.2 Å². The second-order valence-corrected chi connectivity index (χ2v) is 6.31. The quantitative estimate of drug-likeness (QED) is 0.279. The van der Waals surface area contributed by atoms with Crippen LogP contribution in [0.1, 0.15) is 25.3 Å². The molecule has 142 valence electrons. The van der Waals surface area contributed by atoms with E-state index in [0.29, 0.717) is 12.5 Å². The van der Waals surface area contributed by atoms with E-state index < -0.39 is 0 Å². The number of benzene rings is 1. The molecule has 1 aromatic carbocycles. The first-order valence-corrected chi connectivity index (χ1v) is 8.96. The summed E-state index contributed by atoms with van der Waals surface area (Å²) in [5, 5.41) is 3.37. The molecule has 5 nitrogen and oxygen atoms in total. The van der Waals surface area contributed by atoms with Crippen LogP contribution in [-0.4, -0.2) is 57.4 Å². The highest BCUT2D eigenvalue weighted by atomic mass is 127. The number of aliphatic imine (C=N–C) groups is 1. The summed E-state index contributed by atoms with van der Waals surface area (Å²) in [7, 11) is 2.10. The van der Waals surface area contributed by atoms with Crippen molar-refractivity contribution >= 4 is 29.9 Å². The molecule has 0 aliphatic carbocycles. The van der Waals surface area contributed by atoms with E-state index in [9.17, 15) is 0 Å². The zero-order valence-electron chi connectivity index (χ0n) is 15.7. The second kappa shape index (κ2) is 12.4. The number of hydrogen-bond donors (Lipinski definition) is 1. The van der Waals surface area contributed by atoms with Crippen LogP contribution in [0, 0.1) is 12.8 Å². The van der Waals surface area contributed by atoms with Gasteiger partial charge < -0.3 is 19.7 Å². The molecule has 1 fully saturated rings. The molecule has 0 saturated carbocycles. The fraction of sp³-hybridized carbons (Fsp3) is 0.632. The molecule has 1 heterocycles. The van der Waals surface area contributed by atoms with E-state index >= 15 is 0 Å². The first-order chi connectivity index (χ1) is 11.7. The molecule has 0 spiro atoms. The minimum Gasteiger partial charge on any atom is -0.493 e. The van der Waals surface area contributed by atoms with E-state index in [1.165, 1.54) is 5.56 Å². The Balaban J connectivity index is 0.00000312. The van der Waals surface area contributed by atoms with Gasteiger partial charge in [0.05, 0.1) is 13.2 Å². The Morgan fingerprint density at radius 1 is 1.40 bits per heavy atom. The van der Waals surface area contributed by atoms with E-state index in [-0.39, 0.29) is 24.0 Å². The lowest BCUT2D eigenvalue weighted by molar-refractivity contribution is 0.181. The highest BCUT2D eigenvalue weighted by molar-refractivity contribution is 14.0. The molecule has 1 saturated heterocycles. The number of guanidine groups is 1. The van der Waals surface area contributed by atoms with Crippen LogP contribution in [0.25, 0.3) is 0 Å². The first kappa shape index (κ1) is 22.0. The molecule has 0 bridgehead atoms. The minimum absolute atomic E-state index is 0. The third-order valence-electron chi connectivity index (χ3n) is 4.17. The Kier molecular flexibility index (Phi) is 10.9. The summed E-state index contributed by atoms with van der Waals surface area (Å²) in [6.45, 7) is 9.25. The predicted octanol–water partition coefficient (Wildman–Crippen LogP) is 3.32. The monoisotopic (exact) mass is 461 g/mol. The Hall–Kier alpha value is -1.02. The summed E-state index contributed by atoms with van der Waals surface area (Å²) in [5.41, 5.74) is 1.17. The number of para-hydroxylation sites is 1. The molecule has 1 aliphatic heterocycles. The molecule has 1 unspecified atom stereocenters. The van der Waals surface area contributed by atoms with Crippen molar-refractivity contribution in [2.24, 2.45) is 10.9 Å². The lowest BCUT2D eigenvalue weighted by Crippen LogP contribution is -2.41. The summed E-state index contributed by atoms with van der Waals surface area (Å²) in [6, 6.07) is 8.12. The molecule has 1 N–H and O–H groups in total. The van der Waals surface area contributed by atoms with Gasteiger partial charge in [-0.15, -0.1) is 24.0 Å². The molecule has 0 radical (unpaired) electrons. The predicted molar refractivity (Wildman–Crippen MR) is 114 cm³/mol. The topological polar surface area (TPSA) is 46.1 Å². The van der Waals surface area contributed by atoms with Crippen LogP contribution in [0.5, 0.6) is 5.75 Å². The third kappa shape index (κ3) is 7.81. The van der Waals surface area contributed by atoms with Gasteiger partial charge in [0, 0.05) is 45.6 Å². The summed E-state index contributed by atoms with van der Waals surface area (Å²) < 4.78 is 11.3. The van der Waals surface area contributed by atoms with E-state index in [0.717, 1.165) is 57.4 Å². The van der Waals surface area contributed by atoms with Crippen LogP contribution < -0.4 is 10.1 Å². The van der Waals surface area contributed by atoms with Crippen molar-refractivity contribution in [1.82, 2.24) is 10.2 Å². The van der Waals surface area contributed by atoms with Crippen molar-refractivity contribution in [3.8, 4) is 5.75 Å². The zero-order chi connectivity index (χ0) is 17.2. The summed E-state index contributed by atoms with van der Waals surface area (Å²) >= 11 is 0. The van der Waals surface area contributed by atoms with Gasteiger partial charge in [-0.3, -0.25) is 4.99 Å². The van der Waals surface area contributed by atoms with Crippen molar-refractivity contribution < 1.29 is 9.47 Å². The van der Waals surface area contributed by atoms with Crippen LogP contribution >= 0.6 is 24.0 Å². The summed E-state index contributed by atoms with van der Waals surface area (Å²) in [6.07, 6.45) is 2.05. The average Bonchev–Trinajstić information content (AvgIpc) is 3.08. The molecule has 1 aromatic rings. The normalized spacial score (nSPS) is 17.1. The van der Waals surface area contributed by atoms with Crippen LogP contribution in [-0.2, 0) is 4.74 Å². The second-order valence-electron chi connectivity index (χ2n) is 6.31.